The third-order valence-electron chi connectivity index (χ3n) is 3.30. The quantitative estimate of drug-likeness (QED) is 0.521. The molecule has 0 aliphatic rings. The Morgan fingerprint density at radius 3 is 2.54 bits per heavy atom. The van der Waals surface area contributed by atoms with Crippen molar-refractivity contribution in [2.75, 3.05) is 11.9 Å². The molecule has 0 aliphatic heterocycles. The Balaban J connectivity index is 2.11. The molecule has 0 radical (unpaired) electrons. The van der Waals surface area contributed by atoms with Crippen molar-refractivity contribution in [1.82, 2.24) is 4.57 Å². The first kappa shape index (κ1) is 17.0. The molecule has 0 aliphatic carbocycles. The molecule has 1 heterocycles. The van der Waals surface area contributed by atoms with Crippen LogP contribution in [-0.4, -0.2) is 23.1 Å². The van der Waals surface area contributed by atoms with Crippen LogP contribution in [0.25, 0.3) is 6.08 Å². The summed E-state index contributed by atoms with van der Waals surface area (Å²) in [6, 6.07) is 11.8. The minimum absolute atomic E-state index is 0.00808. The molecule has 2 rings (SSSR count). The van der Waals surface area contributed by atoms with E-state index in [2.05, 4.69) is 5.32 Å². The maximum absolute atomic E-state index is 12.2. The number of carbonyl (C=O) groups excluding carboxylic acids is 2. The first-order valence-corrected chi connectivity index (χ1v) is 7.36. The molecule has 0 bridgehead atoms. The van der Waals surface area contributed by atoms with Gasteiger partial charge in [0.25, 0.3) is 5.91 Å². The highest BCUT2D eigenvalue weighted by atomic mass is 16.5. The first-order valence-electron chi connectivity index (χ1n) is 7.36. The fourth-order valence-electron chi connectivity index (χ4n) is 2.02. The molecular formula is C18H17N3O3. The second-order valence-electron chi connectivity index (χ2n) is 4.97. The molecule has 6 heteroatoms. The molecule has 0 atom stereocenters. The van der Waals surface area contributed by atoms with E-state index in [4.69, 9.17) is 4.74 Å². The summed E-state index contributed by atoms with van der Waals surface area (Å²) in [5.41, 5.74) is 1.63. The average Bonchev–Trinajstić information content (AvgIpc) is 2.98. The maximum Gasteiger partial charge on any atom is 0.338 e. The Hall–Kier alpha value is -3.33. The van der Waals surface area contributed by atoms with E-state index in [1.165, 1.54) is 6.08 Å². The van der Waals surface area contributed by atoms with Gasteiger partial charge in [-0.15, -0.1) is 0 Å². The Labute approximate surface area is 140 Å². The average molecular weight is 323 g/mol. The van der Waals surface area contributed by atoms with E-state index < -0.39 is 11.9 Å². The van der Waals surface area contributed by atoms with Crippen molar-refractivity contribution in [3.63, 3.8) is 0 Å². The van der Waals surface area contributed by atoms with Crippen LogP contribution >= 0.6 is 0 Å². The monoisotopic (exact) mass is 323 g/mol. The van der Waals surface area contributed by atoms with Crippen LogP contribution in [0.5, 0.6) is 0 Å². The lowest BCUT2D eigenvalue weighted by atomic mass is 10.2. The fraction of sp³-hybridized carbons (Fsp3) is 0.167. The highest BCUT2D eigenvalue weighted by Gasteiger charge is 2.11. The van der Waals surface area contributed by atoms with E-state index in [1.54, 1.807) is 41.8 Å². The van der Waals surface area contributed by atoms with E-state index in [1.807, 2.05) is 25.4 Å². The van der Waals surface area contributed by atoms with Crippen molar-refractivity contribution in [2.45, 2.75) is 6.92 Å². The third kappa shape index (κ3) is 4.11. The summed E-state index contributed by atoms with van der Waals surface area (Å²) in [5.74, 6) is -0.931. The first-order chi connectivity index (χ1) is 11.5. The van der Waals surface area contributed by atoms with Gasteiger partial charge in [-0.05, 0) is 49.4 Å². The highest BCUT2D eigenvalue weighted by Crippen LogP contribution is 2.13. The number of nitrogens with one attached hydrogen (secondary N) is 1. The Morgan fingerprint density at radius 1 is 1.29 bits per heavy atom. The molecule has 122 valence electrons. The standard InChI is InChI=1S/C18H17N3O3/c1-3-24-18(23)13-6-8-15(9-7-13)20-17(22)14(12-19)11-16-5-4-10-21(16)2/h4-11H,3H2,1-2H3,(H,20,22)/b14-11+. The van der Waals surface area contributed by atoms with E-state index in [-0.39, 0.29) is 5.57 Å². The number of carbonyl (C=O) groups is 2. The molecule has 1 amide bonds. The SMILES string of the molecule is CCOC(=O)c1ccc(NC(=O)/C(C#N)=C/c2cccn2C)cc1. The zero-order valence-corrected chi connectivity index (χ0v) is 13.4. The lowest BCUT2D eigenvalue weighted by molar-refractivity contribution is -0.112. The number of rotatable bonds is 5. The van der Waals surface area contributed by atoms with Crippen LogP contribution in [0.3, 0.4) is 0 Å². The van der Waals surface area contributed by atoms with Crippen molar-refractivity contribution in [2.24, 2.45) is 7.05 Å². The molecule has 0 spiro atoms. The molecule has 1 N–H and O–H groups in total. The van der Waals surface area contributed by atoms with Crippen molar-refractivity contribution in [1.29, 1.82) is 5.26 Å². The largest absolute Gasteiger partial charge is 0.462 e. The summed E-state index contributed by atoms with van der Waals surface area (Å²) in [6.07, 6.45) is 3.34. The number of nitrogens with zero attached hydrogens (tertiary/aromatic N) is 2. The van der Waals surface area contributed by atoms with Gasteiger partial charge in [0.2, 0.25) is 0 Å². The Morgan fingerprint density at radius 2 is 2.00 bits per heavy atom. The zero-order chi connectivity index (χ0) is 17.5. The van der Waals surface area contributed by atoms with Crippen molar-refractivity contribution >= 4 is 23.6 Å². The molecule has 2 aromatic rings. The van der Waals surface area contributed by atoms with E-state index in [0.29, 0.717) is 17.9 Å². The van der Waals surface area contributed by atoms with Crippen LogP contribution in [-0.2, 0) is 16.6 Å². The number of amides is 1. The highest BCUT2D eigenvalue weighted by molar-refractivity contribution is 6.09. The molecule has 1 aromatic carbocycles. The molecule has 24 heavy (non-hydrogen) atoms. The second-order valence-corrected chi connectivity index (χ2v) is 4.97. The van der Waals surface area contributed by atoms with Gasteiger partial charge >= 0.3 is 5.97 Å². The van der Waals surface area contributed by atoms with Gasteiger partial charge in [0.15, 0.2) is 0 Å². The third-order valence-corrected chi connectivity index (χ3v) is 3.30. The van der Waals surface area contributed by atoms with Crippen LogP contribution in [0.1, 0.15) is 23.0 Å². The van der Waals surface area contributed by atoms with E-state index >= 15 is 0 Å². The fourth-order valence-corrected chi connectivity index (χ4v) is 2.02. The van der Waals surface area contributed by atoms with Gasteiger partial charge in [0.05, 0.1) is 12.2 Å². The number of esters is 1. The lowest BCUT2D eigenvalue weighted by Crippen LogP contribution is -2.14. The van der Waals surface area contributed by atoms with Gasteiger partial charge in [-0.3, -0.25) is 4.79 Å². The summed E-state index contributed by atoms with van der Waals surface area (Å²) in [5, 5.41) is 11.8. The lowest BCUT2D eigenvalue weighted by Gasteiger charge is -2.06. The number of benzene rings is 1. The minimum atomic E-state index is -0.511. The van der Waals surface area contributed by atoms with E-state index in [0.717, 1.165) is 5.69 Å². The Kier molecular flexibility index (Phi) is 5.53. The molecule has 0 saturated carbocycles. The van der Waals surface area contributed by atoms with Gasteiger partial charge in [-0.2, -0.15) is 5.26 Å². The number of aromatic nitrogens is 1. The summed E-state index contributed by atoms with van der Waals surface area (Å²) in [4.78, 5) is 23.8. The molecular weight excluding hydrogens is 306 g/mol. The second kappa shape index (κ2) is 7.79. The summed E-state index contributed by atoms with van der Waals surface area (Å²) < 4.78 is 6.70. The van der Waals surface area contributed by atoms with Gasteiger partial charge in [-0.1, -0.05) is 0 Å². The number of hydrogen-bond donors (Lipinski definition) is 1. The maximum atomic E-state index is 12.2. The molecule has 0 unspecified atom stereocenters. The van der Waals surface area contributed by atoms with Crippen molar-refractivity contribution in [3.8, 4) is 6.07 Å². The zero-order valence-electron chi connectivity index (χ0n) is 13.4. The smallest absolute Gasteiger partial charge is 0.338 e. The van der Waals surface area contributed by atoms with Crippen molar-refractivity contribution < 1.29 is 14.3 Å². The minimum Gasteiger partial charge on any atom is -0.462 e. The molecule has 6 nitrogen and oxygen atoms in total. The topological polar surface area (TPSA) is 84.1 Å². The van der Waals surface area contributed by atoms with Crippen molar-refractivity contribution in [3.05, 3.63) is 59.4 Å². The summed E-state index contributed by atoms with van der Waals surface area (Å²) in [6.45, 7) is 2.03. The summed E-state index contributed by atoms with van der Waals surface area (Å²) >= 11 is 0. The van der Waals surface area contributed by atoms with Gasteiger partial charge in [0, 0.05) is 24.6 Å². The normalized spacial score (nSPS) is 10.8. The van der Waals surface area contributed by atoms with Crippen LogP contribution in [0, 0.1) is 11.3 Å². The predicted molar refractivity (Wildman–Crippen MR) is 90.0 cm³/mol. The predicted octanol–water partition coefficient (Wildman–Crippen LogP) is 2.75. The van der Waals surface area contributed by atoms with Crippen LogP contribution in [0.2, 0.25) is 0 Å². The molecule has 0 fully saturated rings. The number of anilines is 1. The number of aryl methyl sites for hydroxylation is 1. The van der Waals surface area contributed by atoms with Crippen LogP contribution < -0.4 is 5.32 Å². The van der Waals surface area contributed by atoms with Gasteiger partial charge < -0.3 is 14.6 Å². The van der Waals surface area contributed by atoms with Crippen LogP contribution in [0.4, 0.5) is 5.69 Å². The number of ether oxygens (including phenoxy) is 1. The molecule has 0 saturated heterocycles. The summed E-state index contributed by atoms with van der Waals surface area (Å²) in [7, 11) is 1.83. The van der Waals surface area contributed by atoms with E-state index in [9.17, 15) is 14.9 Å². The number of nitriles is 1. The Bertz CT molecular complexity index is 811. The number of hydrogen-bond acceptors (Lipinski definition) is 4. The van der Waals surface area contributed by atoms with Gasteiger partial charge in [0.1, 0.15) is 11.6 Å². The molecule has 1 aromatic heterocycles. The van der Waals surface area contributed by atoms with Gasteiger partial charge in [-0.25, -0.2) is 4.79 Å². The van der Waals surface area contributed by atoms with Crippen LogP contribution in [0.15, 0.2) is 48.2 Å².